The van der Waals surface area contributed by atoms with Gasteiger partial charge in [0.05, 0.1) is 28.9 Å². The highest BCUT2D eigenvalue weighted by Crippen LogP contribution is 2.22. The van der Waals surface area contributed by atoms with Gasteiger partial charge in [0.1, 0.15) is 5.01 Å². The predicted octanol–water partition coefficient (Wildman–Crippen LogP) is 2.52. The van der Waals surface area contributed by atoms with E-state index >= 15 is 0 Å². The Balaban J connectivity index is 1.56. The van der Waals surface area contributed by atoms with Crippen LogP contribution in [0.4, 0.5) is 5.69 Å². The molecule has 3 aromatic rings. The maximum absolute atomic E-state index is 12.3. The molecule has 8 heteroatoms. The Hall–Kier alpha value is -2.97. The molecule has 7 nitrogen and oxygen atoms in total. The zero-order valence-corrected chi connectivity index (χ0v) is 16.2. The van der Waals surface area contributed by atoms with Crippen molar-refractivity contribution in [1.29, 1.82) is 0 Å². The number of para-hydroxylation sites is 2. The molecule has 0 saturated carbocycles. The fourth-order valence-corrected chi connectivity index (χ4v) is 3.62. The predicted molar refractivity (Wildman–Crippen MR) is 108 cm³/mol. The Morgan fingerprint density at radius 1 is 1.18 bits per heavy atom. The average molecular weight is 399 g/mol. The van der Waals surface area contributed by atoms with Gasteiger partial charge in [-0.3, -0.25) is 4.79 Å². The van der Waals surface area contributed by atoms with Crippen LogP contribution in [0, 0.1) is 0 Å². The molecule has 1 heterocycles. The number of ether oxygens (including phenoxy) is 1. The quantitative estimate of drug-likeness (QED) is 0.566. The fourth-order valence-electron chi connectivity index (χ4n) is 2.60. The molecule has 0 saturated heterocycles. The second-order valence-electron chi connectivity index (χ2n) is 6.10. The third kappa shape index (κ3) is 4.85. The lowest BCUT2D eigenvalue weighted by Crippen LogP contribution is -2.30. The number of likely N-dealkylation sites (N-methyl/N-ethyl adjacent to an activating group) is 1. The van der Waals surface area contributed by atoms with Gasteiger partial charge in [-0.2, -0.15) is 0 Å². The van der Waals surface area contributed by atoms with E-state index in [4.69, 9.17) is 9.84 Å². The van der Waals surface area contributed by atoms with Crippen molar-refractivity contribution < 1.29 is 19.4 Å². The first-order valence-electron chi connectivity index (χ1n) is 8.78. The normalized spacial score (nSPS) is 10.6. The molecule has 1 aromatic heterocycles. The number of aromatic nitrogens is 1. The smallest absolute Gasteiger partial charge is 0.340 e. The summed E-state index contributed by atoms with van der Waals surface area (Å²) in [6.07, 6.45) is 0. The van der Waals surface area contributed by atoms with Crippen LogP contribution >= 0.6 is 11.3 Å². The number of aliphatic hydroxyl groups is 1. The molecule has 0 fully saturated rings. The van der Waals surface area contributed by atoms with Gasteiger partial charge in [-0.25, -0.2) is 9.78 Å². The standard InChI is InChI=1S/C20H21N3O4S/c1-23(12-18-22-16-8-4-5-9-17(16)28-18)19(25)13-27-20(26)14-6-2-3-7-15(14)21-10-11-24/h2-9,21,24H,10-13H2,1H3. The highest BCUT2D eigenvalue weighted by atomic mass is 32.1. The summed E-state index contributed by atoms with van der Waals surface area (Å²) in [6, 6.07) is 14.6. The monoisotopic (exact) mass is 399 g/mol. The van der Waals surface area contributed by atoms with Crippen LogP contribution in [0.2, 0.25) is 0 Å². The van der Waals surface area contributed by atoms with E-state index in [0.29, 0.717) is 24.3 Å². The van der Waals surface area contributed by atoms with E-state index in [-0.39, 0.29) is 19.1 Å². The lowest BCUT2D eigenvalue weighted by Gasteiger charge is -2.16. The Kier molecular flexibility index (Phi) is 6.57. The van der Waals surface area contributed by atoms with Crippen LogP contribution in [0.15, 0.2) is 48.5 Å². The number of carbonyl (C=O) groups excluding carboxylic acids is 2. The molecule has 28 heavy (non-hydrogen) atoms. The van der Waals surface area contributed by atoms with Crippen LogP contribution in [0.3, 0.4) is 0 Å². The SMILES string of the molecule is CN(Cc1nc2ccccc2s1)C(=O)COC(=O)c1ccccc1NCCO. The molecule has 0 atom stereocenters. The third-order valence-corrected chi connectivity index (χ3v) is 5.06. The number of nitrogens with zero attached hydrogens (tertiary/aromatic N) is 2. The topological polar surface area (TPSA) is 91.8 Å². The van der Waals surface area contributed by atoms with Gasteiger partial charge in [0.2, 0.25) is 0 Å². The first-order valence-corrected chi connectivity index (χ1v) is 9.59. The van der Waals surface area contributed by atoms with Crippen molar-refractivity contribution in [2.45, 2.75) is 6.54 Å². The molecule has 0 unspecified atom stereocenters. The maximum atomic E-state index is 12.3. The van der Waals surface area contributed by atoms with Crippen molar-refractivity contribution in [2.75, 3.05) is 32.1 Å². The van der Waals surface area contributed by atoms with Crippen molar-refractivity contribution in [3.63, 3.8) is 0 Å². The minimum Gasteiger partial charge on any atom is -0.452 e. The summed E-state index contributed by atoms with van der Waals surface area (Å²) >= 11 is 1.53. The van der Waals surface area contributed by atoms with E-state index in [2.05, 4.69) is 10.3 Å². The lowest BCUT2D eigenvalue weighted by molar-refractivity contribution is -0.133. The van der Waals surface area contributed by atoms with Crippen LogP contribution in [0.5, 0.6) is 0 Å². The van der Waals surface area contributed by atoms with Gasteiger partial charge in [-0.15, -0.1) is 11.3 Å². The van der Waals surface area contributed by atoms with Gasteiger partial charge in [-0.1, -0.05) is 24.3 Å². The van der Waals surface area contributed by atoms with Crippen LogP contribution < -0.4 is 5.32 Å². The molecule has 0 spiro atoms. The lowest BCUT2D eigenvalue weighted by atomic mass is 10.2. The molecule has 2 aromatic carbocycles. The zero-order chi connectivity index (χ0) is 19.9. The van der Waals surface area contributed by atoms with Crippen molar-refractivity contribution in [1.82, 2.24) is 9.88 Å². The molecule has 0 bridgehead atoms. The molecule has 0 aliphatic carbocycles. The van der Waals surface area contributed by atoms with E-state index < -0.39 is 5.97 Å². The Morgan fingerprint density at radius 3 is 2.71 bits per heavy atom. The van der Waals surface area contributed by atoms with Crippen molar-refractivity contribution in [2.24, 2.45) is 0 Å². The van der Waals surface area contributed by atoms with Crippen molar-refractivity contribution in [3.8, 4) is 0 Å². The number of anilines is 1. The molecule has 3 rings (SSSR count). The molecular weight excluding hydrogens is 378 g/mol. The van der Waals surface area contributed by atoms with E-state index in [1.807, 2.05) is 24.3 Å². The van der Waals surface area contributed by atoms with Crippen LogP contribution in [0.1, 0.15) is 15.4 Å². The molecule has 146 valence electrons. The first-order chi connectivity index (χ1) is 13.6. The number of nitrogens with one attached hydrogen (secondary N) is 1. The number of thiazole rings is 1. The molecule has 2 N–H and O–H groups in total. The molecule has 0 aliphatic heterocycles. The summed E-state index contributed by atoms with van der Waals surface area (Å²) in [7, 11) is 1.65. The number of amides is 1. The Morgan fingerprint density at radius 2 is 1.93 bits per heavy atom. The maximum Gasteiger partial charge on any atom is 0.340 e. The Bertz CT molecular complexity index is 940. The van der Waals surface area contributed by atoms with E-state index in [9.17, 15) is 9.59 Å². The molecule has 0 aliphatic rings. The van der Waals surface area contributed by atoms with E-state index in [1.165, 1.54) is 16.2 Å². The highest BCUT2D eigenvalue weighted by molar-refractivity contribution is 7.18. The number of aliphatic hydroxyl groups excluding tert-OH is 1. The van der Waals surface area contributed by atoms with Gasteiger partial charge >= 0.3 is 5.97 Å². The minimum atomic E-state index is -0.595. The van der Waals surface area contributed by atoms with Gasteiger partial charge in [0.15, 0.2) is 6.61 Å². The van der Waals surface area contributed by atoms with Crippen molar-refractivity contribution >= 4 is 39.1 Å². The summed E-state index contributed by atoms with van der Waals surface area (Å²) in [4.78, 5) is 30.7. The third-order valence-electron chi connectivity index (χ3n) is 4.04. The minimum absolute atomic E-state index is 0.0571. The number of rotatable bonds is 8. The zero-order valence-electron chi connectivity index (χ0n) is 15.4. The summed E-state index contributed by atoms with van der Waals surface area (Å²) < 4.78 is 6.25. The van der Waals surface area contributed by atoms with Gasteiger partial charge in [0.25, 0.3) is 5.91 Å². The van der Waals surface area contributed by atoms with Gasteiger partial charge in [-0.05, 0) is 24.3 Å². The van der Waals surface area contributed by atoms with Crippen LogP contribution in [-0.4, -0.2) is 53.7 Å². The number of esters is 1. The van der Waals surface area contributed by atoms with Crippen LogP contribution in [-0.2, 0) is 16.1 Å². The van der Waals surface area contributed by atoms with E-state index in [0.717, 1.165) is 15.2 Å². The summed E-state index contributed by atoms with van der Waals surface area (Å²) in [6.45, 7) is 0.255. The number of fused-ring (bicyclic) bond motifs is 1. The Labute approximate surface area is 166 Å². The number of benzene rings is 2. The average Bonchev–Trinajstić information content (AvgIpc) is 3.12. The molecule has 1 amide bonds. The molecule has 0 radical (unpaired) electrons. The van der Waals surface area contributed by atoms with Crippen molar-refractivity contribution in [3.05, 3.63) is 59.1 Å². The second-order valence-corrected chi connectivity index (χ2v) is 7.21. The van der Waals surface area contributed by atoms with Gasteiger partial charge in [0, 0.05) is 19.3 Å². The summed E-state index contributed by atoms with van der Waals surface area (Å²) in [5.41, 5.74) is 1.77. The summed E-state index contributed by atoms with van der Waals surface area (Å²) in [5.74, 6) is -0.906. The first kappa shape index (κ1) is 19.8. The second kappa shape index (κ2) is 9.29. The highest BCUT2D eigenvalue weighted by Gasteiger charge is 2.17. The molecular formula is C20H21N3O4S. The largest absolute Gasteiger partial charge is 0.452 e. The van der Waals surface area contributed by atoms with Gasteiger partial charge < -0.3 is 20.1 Å². The number of hydrogen-bond acceptors (Lipinski definition) is 7. The summed E-state index contributed by atoms with van der Waals surface area (Å²) in [5, 5.41) is 12.7. The number of carbonyl (C=O) groups is 2. The van der Waals surface area contributed by atoms with E-state index in [1.54, 1.807) is 31.3 Å². The number of hydrogen-bond donors (Lipinski definition) is 2. The van der Waals surface area contributed by atoms with Crippen LogP contribution in [0.25, 0.3) is 10.2 Å². The fraction of sp³-hybridized carbons (Fsp3) is 0.250.